The van der Waals surface area contributed by atoms with E-state index in [1.165, 1.54) is 5.56 Å². The van der Waals surface area contributed by atoms with Crippen molar-refractivity contribution in [1.82, 2.24) is 0 Å². The SMILES string of the molecule is CCCC[Si](CCCC)(CCCC)OS(=O)(=O)c1ccc(Cc2ccccc2)cc1. The Labute approximate surface area is 185 Å². The first-order valence-electron chi connectivity index (χ1n) is 11.5. The number of hydrogen-bond donors (Lipinski definition) is 0. The monoisotopic (exact) mass is 446 g/mol. The van der Waals surface area contributed by atoms with E-state index in [9.17, 15) is 8.42 Å². The first-order chi connectivity index (χ1) is 14.4. The van der Waals surface area contributed by atoms with Crippen LogP contribution in [0.4, 0.5) is 0 Å². The summed E-state index contributed by atoms with van der Waals surface area (Å²) in [6.07, 6.45) is 7.16. The summed E-state index contributed by atoms with van der Waals surface area (Å²) < 4.78 is 32.6. The van der Waals surface area contributed by atoms with Crippen LogP contribution in [0.5, 0.6) is 0 Å². The third-order valence-electron chi connectivity index (χ3n) is 5.71. The summed E-state index contributed by atoms with van der Waals surface area (Å²) in [6, 6.07) is 20.3. The summed E-state index contributed by atoms with van der Waals surface area (Å²) in [5, 5.41) is 0. The summed E-state index contributed by atoms with van der Waals surface area (Å²) in [5.41, 5.74) is 2.32. The van der Waals surface area contributed by atoms with Gasteiger partial charge in [-0.2, -0.15) is 8.42 Å². The Morgan fingerprint density at radius 1 is 0.700 bits per heavy atom. The van der Waals surface area contributed by atoms with E-state index in [-0.39, 0.29) is 0 Å². The number of benzene rings is 2. The highest BCUT2D eigenvalue weighted by Crippen LogP contribution is 2.33. The largest absolute Gasteiger partial charge is 0.311 e. The number of hydrogen-bond acceptors (Lipinski definition) is 3. The molecule has 2 aromatic carbocycles. The molecule has 0 amide bonds. The molecule has 0 fully saturated rings. The topological polar surface area (TPSA) is 43.4 Å². The van der Waals surface area contributed by atoms with E-state index in [1.807, 2.05) is 30.3 Å². The van der Waals surface area contributed by atoms with Crippen molar-refractivity contribution < 1.29 is 12.3 Å². The highest BCUT2D eigenvalue weighted by atomic mass is 32.2. The molecule has 0 aromatic heterocycles. The van der Waals surface area contributed by atoms with Gasteiger partial charge >= 0.3 is 0 Å². The van der Waals surface area contributed by atoms with Gasteiger partial charge in [-0.15, -0.1) is 0 Å². The molecule has 166 valence electrons. The molecule has 2 aromatic rings. The fourth-order valence-corrected chi connectivity index (χ4v) is 11.3. The molecule has 0 radical (unpaired) electrons. The molecule has 0 aliphatic heterocycles. The van der Waals surface area contributed by atoms with E-state index in [1.54, 1.807) is 12.1 Å². The molecule has 0 aliphatic carbocycles. The first kappa shape index (κ1) is 24.8. The molecule has 3 nitrogen and oxygen atoms in total. The molecule has 0 bridgehead atoms. The highest BCUT2D eigenvalue weighted by molar-refractivity contribution is 7.87. The second-order valence-electron chi connectivity index (χ2n) is 8.34. The van der Waals surface area contributed by atoms with Crippen LogP contribution in [0.25, 0.3) is 0 Å². The van der Waals surface area contributed by atoms with Gasteiger partial charge in [0.1, 0.15) is 0 Å². The lowest BCUT2D eigenvalue weighted by atomic mass is 10.1. The van der Waals surface area contributed by atoms with Crippen LogP contribution in [0.3, 0.4) is 0 Å². The molecule has 0 unspecified atom stereocenters. The zero-order chi connectivity index (χ0) is 21.9. The van der Waals surface area contributed by atoms with Gasteiger partial charge in [-0.25, -0.2) is 0 Å². The van der Waals surface area contributed by atoms with Gasteiger partial charge in [0.15, 0.2) is 0 Å². The van der Waals surface area contributed by atoms with E-state index in [4.69, 9.17) is 3.87 Å². The lowest BCUT2D eigenvalue weighted by Crippen LogP contribution is -2.40. The molecule has 0 saturated carbocycles. The normalized spacial score (nSPS) is 12.2. The minimum atomic E-state index is -3.74. The smallest absolute Gasteiger partial charge is 0.287 e. The first-order valence-corrected chi connectivity index (χ1v) is 15.5. The van der Waals surface area contributed by atoms with Crippen molar-refractivity contribution >= 4 is 18.4 Å². The van der Waals surface area contributed by atoms with Gasteiger partial charge < -0.3 is 3.87 Å². The maximum atomic E-state index is 13.2. The van der Waals surface area contributed by atoms with Crippen LogP contribution in [0.1, 0.15) is 70.4 Å². The Kier molecular flexibility index (Phi) is 10.3. The number of rotatable bonds is 14. The van der Waals surface area contributed by atoms with E-state index in [0.29, 0.717) is 4.90 Å². The summed E-state index contributed by atoms with van der Waals surface area (Å²) in [7, 11) is -6.08. The van der Waals surface area contributed by atoms with Crippen molar-refractivity contribution in [2.24, 2.45) is 0 Å². The van der Waals surface area contributed by atoms with E-state index >= 15 is 0 Å². The highest BCUT2D eigenvalue weighted by Gasteiger charge is 2.38. The molecule has 5 heteroatoms. The predicted molar refractivity (Wildman–Crippen MR) is 129 cm³/mol. The van der Waals surface area contributed by atoms with Gasteiger partial charge in [-0.1, -0.05) is 102 Å². The Morgan fingerprint density at radius 3 is 1.63 bits per heavy atom. The zero-order valence-corrected chi connectivity index (χ0v) is 20.7. The fraction of sp³-hybridized carbons (Fsp3) is 0.520. The molecule has 0 aliphatic rings. The predicted octanol–water partition coefficient (Wildman–Crippen LogP) is 7.33. The summed E-state index contributed by atoms with van der Waals surface area (Å²) in [4.78, 5) is 0.292. The van der Waals surface area contributed by atoms with Crippen LogP contribution in [0.15, 0.2) is 59.5 Å². The average molecular weight is 447 g/mol. The standard InChI is InChI=1S/C25H38O3SSi/c1-4-7-19-30(20-8-5-2,21-9-6-3)28-29(26,27)25-17-15-24(16-18-25)22-23-13-11-10-12-14-23/h10-18H,4-9,19-22H2,1-3H3. The molecule has 2 rings (SSSR count). The third kappa shape index (κ3) is 7.68. The van der Waals surface area contributed by atoms with Crippen LogP contribution in [-0.2, 0) is 20.4 Å². The van der Waals surface area contributed by atoms with Crippen LogP contribution in [0.2, 0.25) is 18.1 Å². The quantitative estimate of drug-likeness (QED) is 0.285. The Balaban J connectivity index is 2.20. The third-order valence-corrected chi connectivity index (χ3v) is 12.6. The summed E-state index contributed by atoms with van der Waals surface area (Å²) >= 11 is 0. The molecular formula is C25H38O3SSi. The minimum absolute atomic E-state index is 0.292. The van der Waals surface area contributed by atoms with Gasteiger partial charge in [0.05, 0.1) is 4.90 Å². The Hall–Kier alpha value is -1.43. The van der Waals surface area contributed by atoms with Crippen molar-refractivity contribution in [2.45, 2.75) is 88.7 Å². The Bertz CT molecular complexity index is 811. The molecule has 0 N–H and O–H groups in total. The Morgan fingerprint density at radius 2 is 1.17 bits per heavy atom. The second-order valence-corrected chi connectivity index (χ2v) is 14.2. The molecule has 0 atom stereocenters. The second kappa shape index (κ2) is 12.4. The molecule has 30 heavy (non-hydrogen) atoms. The van der Waals surface area contributed by atoms with Crippen molar-refractivity contribution in [3.8, 4) is 0 Å². The van der Waals surface area contributed by atoms with E-state index in [0.717, 1.165) is 68.6 Å². The zero-order valence-electron chi connectivity index (χ0n) is 18.9. The summed E-state index contributed by atoms with van der Waals surface area (Å²) in [6.45, 7) is 6.50. The lowest BCUT2D eigenvalue weighted by molar-refractivity contribution is 0.465. The van der Waals surface area contributed by atoms with E-state index in [2.05, 4.69) is 32.9 Å². The minimum Gasteiger partial charge on any atom is -0.311 e. The van der Waals surface area contributed by atoms with E-state index < -0.39 is 18.4 Å². The van der Waals surface area contributed by atoms with Gasteiger partial charge in [0.25, 0.3) is 10.1 Å². The van der Waals surface area contributed by atoms with Crippen LogP contribution in [0, 0.1) is 0 Å². The van der Waals surface area contributed by atoms with Crippen LogP contribution < -0.4 is 0 Å². The molecule has 0 saturated heterocycles. The van der Waals surface area contributed by atoms with Crippen molar-refractivity contribution in [2.75, 3.05) is 0 Å². The maximum Gasteiger partial charge on any atom is 0.287 e. The van der Waals surface area contributed by atoms with Gasteiger partial charge in [-0.05, 0) is 47.8 Å². The molecule has 0 heterocycles. The molecule has 0 spiro atoms. The fourth-order valence-electron chi connectivity index (χ4n) is 3.88. The van der Waals surface area contributed by atoms with Gasteiger partial charge in [0.2, 0.25) is 8.32 Å². The van der Waals surface area contributed by atoms with Crippen molar-refractivity contribution in [3.05, 3.63) is 65.7 Å². The van der Waals surface area contributed by atoms with Gasteiger partial charge in [-0.3, -0.25) is 0 Å². The maximum absolute atomic E-state index is 13.2. The number of unbranched alkanes of at least 4 members (excludes halogenated alkanes) is 3. The molecular weight excluding hydrogens is 408 g/mol. The van der Waals surface area contributed by atoms with Crippen LogP contribution in [-0.4, -0.2) is 16.7 Å². The van der Waals surface area contributed by atoms with Crippen molar-refractivity contribution in [3.63, 3.8) is 0 Å². The van der Waals surface area contributed by atoms with Crippen LogP contribution >= 0.6 is 0 Å². The van der Waals surface area contributed by atoms with Crippen molar-refractivity contribution in [1.29, 1.82) is 0 Å². The van der Waals surface area contributed by atoms with Gasteiger partial charge in [0, 0.05) is 0 Å². The lowest BCUT2D eigenvalue weighted by Gasteiger charge is -2.31. The summed E-state index contributed by atoms with van der Waals surface area (Å²) in [5.74, 6) is 0. The average Bonchev–Trinajstić information content (AvgIpc) is 2.75.